The van der Waals surface area contributed by atoms with Crippen molar-refractivity contribution in [3.05, 3.63) is 0 Å². The minimum Gasteiger partial charge on any atom is -0.387 e. The lowest BCUT2D eigenvalue weighted by Gasteiger charge is -2.28. The summed E-state index contributed by atoms with van der Waals surface area (Å²) in [5.74, 6) is 0.303. The Labute approximate surface area is 101 Å². The molecule has 0 aromatic rings. The predicted molar refractivity (Wildman–Crippen MR) is 71.9 cm³/mol. The predicted octanol–water partition coefficient (Wildman–Crippen LogP) is 2.85. The molecule has 0 aromatic carbocycles. The van der Waals surface area contributed by atoms with Crippen molar-refractivity contribution >= 4 is 5.84 Å². The number of nitrogens with two attached hydrogens (primary N) is 1. The van der Waals surface area contributed by atoms with Crippen LogP contribution in [0.3, 0.4) is 0 Å². The van der Waals surface area contributed by atoms with Crippen LogP contribution in [0.5, 0.6) is 0 Å². The highest BCUT2D eigenvalue weighted by molar-refractivity contribution is 5.82. The molecule has 3 nitrogen and oxygen atoms in total. The molecule has 0 heterocycles. The first kappa shape index (κ1) is 15.4. The van der Waals surface area contributed by atoms with E-state index in [-0.39, 0.29) is 5.41 Å². The van der Waals surface area contributed by atoms with Gasteiger partial charge in [0.25, 0.3) is 0 Å². The molecule has 0 saturated carbocycles. The van der Waals surface area contributed by atoms with Crippen molar-refractivity contribution in [3.8, 4) is 0 Å². The van der Waals surface area contributed by atoms with Crippen molar-refractivity contribution < 1.29 is 0 Å². The van der Waals surface area contributed by atoms with Gasteiger partial charge in [0, 0.05) is 11.5 Å². The van der Waals surface area contributed by atoms with Gasteiger partial charge in [-0.15, -0.1) is 0 Å². The van der Waals surface area contributed by atoms with Crippen LogP contribution >= 0.6 is 0 Å². The normalized spacial score (nSPS) is 12.4. The van der Waals surface area contributed by atoms with Crippen LogP contribution in [0.4, 0.5) is 0 Å². The molecule has 0 rings (SSSR count). The van der Waals surface area contributed by atoms with Gasteiger partial charge in [-0.25, -0.2) is 0 Å². The van der Waals surface area contributed by atoms with Crippen LogP contribution in [-0.4, -0.2) is 30.4 Å². The van der Waals surface area contributed by atoms with Gasteiger partial charge < -0.3 is 10.6 Å². The molecule has 3 N–H and O–H groups in total. The first-order valence-electron chi connectivity index (χ1n) is 6.39. The fourth-order valence-corrected chi connectivity index (χ4v) is 2.00. The minimum absolute atomic E-state index is 0.144. The molecule has 0 spiro atoms. The van der Waals surface area contributed by atoms with E-state index in [1.807, 2.05) is 13.8 Å². The van der Waals surface area contributed by atoms with E-state index in [1.54, 1.807) is 0 Å². The maximum atomic E-state index is 7.50. The number of nitrogens with one attached hydrogen (secondary N) is 1. The second-order valence-corrected chi connectivity index (χ2v) is 5.35. The molecule has 0 aliphatic rings. The summed E-state index contributed by atoms with van der Waals surface area (Å²) in [6, 6.07) is 0.695. The van der Waals surface area contributed by atoms with Crippen LogP contribution in [0.25, 0.3) is 0 Å². The zero-order valence-corrected chi connectivity index (χ0v) is 11.6. The third kappa shape index (κ3) is 4.97. The quantitative estimate of drug-likeness (QED) is 0.495. The van der Waals surface area contributed by atoms with E-state index in [0.29, 0.717) is 11.9 Å². The van der Waals surface area contributed by atoms with Gasteiger partial charge >= 0.3 is 0 Å². The van der Waals surface area contributed by atoms with Gasteiger partial charge in [0.1, 0.15) is 0 Å². The van der Waals surface area contributed by atoms with Gasteiger partial charge in [-0.05, 0) is 39.3 Å². The summed E-state index contributed by atoms with van der Waals surface area (Å²) >= 11 is 0. The maximum absolute atomic E-state index is 7.50. The van der Waals surface area contributed by atoms with Gasteiger partial charge in [0.15, 0.2) is 0 Å². The van der Waals surface area contributed by atoms with Crippen LogP contribution in [0, 0.1) is 10.8 Å². The number of nitrogens with zero attached hydrogens (tertiary/aromatic N) is 1. The minimum atomic E-state index is -0.144. The van der Waals surface area contributed by atoms with Gasteiger partial charge in [0.2, 0.25) is 0 Å². The van der Waals surface area contributed by atoms with Gasteiger partial charge in [-0.2, -0.15) is 0 Å². The van der Waals surface area contributed by atoms with E-state index < -0.39 is 0 Å². The molecular weight excluding hydrogens is 198 g/mol. The molecule has 96 valence electrons. The lowest BCUT2D eigenvalue weighted by atomic mass is 9.86. The second kappa shape index (κ2) is 6.89. The van der Waals surface area contributed by atoms with Crippen molar-refractivity contribution in [1.29, 1.82) is 5.41 Å². The van der Waals surface area contributed by atoms with Gasteiger partial charge in [-0.3, -0.25) is 5.41 Å². The molecule has 0 unspecified atom stereocenters. The van der Waals surface area contributed by atoms with E-state index in [0.717, 1.165) is 19.4 Å². The van der Waals surface area contributed by atoms with Gasteiger partial charge in [-0.1, -0.05) is 27.7 Å². The molecule has 0 saturated heterocycles. The van der Waals surface area contributed by atoms with E-state index >= 15 is 0 Å². The molecule has 0 aliphatic heterocycles. The topological polar surface area (TPSA) is 53.1 Å². The Morgan fingerprint density at radius 1 is 1.31 bits per heavy atom. The average Bonchev–Trinajstić information content (AvgIpc) is 2.19. The standard InChI is InChI=1S/C13H29N3/c1-6-11(7-2)16(5)10-8-9-13(3,4)12(14)15/h11H,6-10H2,1-5H3,(H3,14,15). The lowest BCUT2D eigenvalue weighted by Crippen LogP contribution is -2.34. The third-order valence-corrected chi connectivity index (χ3v) is 3.61. The second-order valence-electron chi connectivity index (χ2n) is 5.35. The maximum Gasteiger partial charge on any atom is 0.0963 e. The van der Waals surface area contributed by atoms with E-state index in [4.69, 9.17) is 11.1 Å². The van der Waals surface area contributed by atoms with Crippen molar-refractivity contribution in [3.63, 3.8) is 0 Å². The zero-order chi connectivity index (χ0) is 12.8. The van der Waals surface area contributed by atoms with E-state index in [2.05, 4.69) is 25.8 Å². The molecule has 0 aliphatic carbocycles. The fourth-order valence-electron chi connectivity index (χ4n) is 2.00. The Morgan fingerprint density at radius 3 is 2.19 bits per heavy atom. The Balaban J connectivity index is 3.94. The molecule has 0 aromatic heterocycles. The highest BCUT2D eigenvalue weighted by Crippen LogP contribution is 2.22. The molecular formula is C13H29N3. The fraction of sp³-hybridized carbons (Fsp3) is 0.923. The first-order chi connectivity index (χ1) is 7.35. The van der Waals surface area contributed by atoms with Crippen LogP contribution in [-0.2, 0) is 0 Å². The number of hydrogen-bond donors (Lipinski definition) is 2. The Hall–Kier alpha value is -0.570. The lowest BCUT2D eigenvalue weighted by molar-refractivity contribution is 0.219. The van der Waals surface area contributed by atoms with Crippen molar-refractivity contribution in [1.82, 2.24) is 4.90 Å². The summed E-state index contributed by atoms with van der Waals surface area (Å²) in [5.41, 5.74) is 5.42. The molecule has 0 fully saturated rings. The average molecular weight is 227 g/mol. The zero-order valence-electron chi connectivity index (χ0n) is 11.6. The summed E-state index contributed by atoms with van der Waals surface area (Å²) in [7, 11) is 2.19. The molecule has 16 heavy (non-hydrogen) atoms. The Bertz CT molecular complexity index is 207. The largest absolute Gasteiger partial charge is 0.387 e. The molecule has 3 heteroatoms. The first-order valence-corrected chi connectivity index (χ1v) is 6.39. The number of rotatable bonds is 8. The van der Waals surface area contributed by atoms with Crippen LogP contribution < -0.4 is 5.73 Å². The summed E-state index contributed by atoms with van der Waals surface area (Å²) in [6.45, 7) is 9.68. The van der Waals surface area contributed by atoms with E-state index in [9.17, 15) is 0 Å². The molecule has 0 bridgehead atoms. The summed E-state index contributed by atoms with van der Waals surface area (Å²) in [6.07, 6.45) is 4.53. The van der Waals surface area contributed by atoms with Gasteiger partial charge in [0.05, 0.1) is 5.84 Å². The van der Waals surface area contributed by atoms with Crippen molar-refractivity contribution in [2.75, 3.05) is 13.6 Å². The van der Waals surface area contributed by atoms with Crippen molar-refractivity contribution in [2.24, 2.45) is 11.1 Å². The van der Waals surface area contributed by atoms with Crippen LogP contribution in [0.2, 0.25) is 0 Å². The summed E-state index contributed by atoms with van der Waals surface area (Å²) in [4.78, 5) is 2.43. The van der Waals surface area contributed by atoms with Crippen LogP contribution in [0.1, 0.15) is 53.4 Å². The summed E-state index contributed by atoms with van der Waals surface area (Å²) < 4.78 is 0. The smallest absolute Gasteiger partial charge is 0.0963 e. The molecule has 0 radical (unpaired) electrons. The van der Waals surface area contributed by atoms with Crippen LogP contribution in [0.15, 0.2) is 0 Å². The SMILES string of the molecule is CCC(CC)N(C)CCCC(C)(C)C(=N)N. The third-order valence-electron chi connectivity index (χ3n) is 3.61. The van der Waals surface area contributed by atoms with E-state index in [1.165, 1.54) is 12.8 Å². The molecule has 0 amide bonds. The Kier molecular flexibility index (Phi) is 6.65. The Morgan fingerprint density at radius 2 is 1.81 bits per heavy atom. The number of hydrogen-bond acceptors (Lipinski definition) is 2. The highest BCUT2D eigenvalue weighted by atomic mass is 15.1. The molecule has 0 atom stereocenters. The number of amidine groups is 1. The highest BCUT2D eigenvalue weighted by Gasteiger charge is 2.21. The monoisotopic (exact) mass is 227 g/mol. The van der Waals surface area contributed by atoms with Crippen molar-refractivity contribution in [2.45, 2.75) is 59.4 Å². The summed E-state index contributed by atoms with van der Waals surface area (Å²) in [5, 5.41) is 7.50.